The van der Waals surface area contributed by atoms with Gasteiger partial charge in [0, 0.05) is 6.20 Å². The van der Waals surface area contributed by atoms with Crippen LogP contribution < -0.4 is 11.2 Å². The van der Waals surface area contributed by atoms with Crippen LogP contribution >= 0.6 is 0 Å². The summed E-state index contributed by atoms with van der Waals surface area (Å²) in [7, 11) is 0. The molecular formula is C4H3FN2O2. The number of rotatable bonds is 0. The summed E-state index contributed by atoms with van der Waals surface area (Å²) in [4.78, 5) is 24.0. The standard InChI is InChI=1S/C4H3FN2O2/c5-2-1-6-4(9)7-3(2)8/h1H,(H2,6,7,8,9)/i4-1. The van der Waals surface area contributed by atoms with E-state index in [9.17, 15) is 14.0 Å². The summed E-state index contributed by atoms with van der Waals surface area (Å²) in [6.07, 6.45) is 0.709. The Bertz CT molecular complexity index is 313. The van der Waals surface area contributed by atoms with Gasteiger partial charge < -0.3 is 4.98 Å². The van der Waals surface area contributed by atoms with E-state index in [0.29, 0.717) is 6.20 Å². The molecule has 0 fully saturated rings. The van der Waals surface area contributed by atoms with E-state index < -0.39 is 17.1 Å². The highest BCUT2D eigenvalue weighted by Crippen LogP contribution is 1.74. The molecule has 0 unspecified atom stereocenters. The van der Waals surface area contributed by atoms with Crippen molar-refractivity contribution in [2.45, 2.75) is 0 Å². The lowest BCUT2D eigenvalue weighted by Crippen LogP contribution is -2.23. The van der Waals surface area contributed by atoms with Crippen LogP contribution in [0.2, 0.25) is 0 Å². The second-order valence-electron chi connectivity index (χ2n) is 1.42. The molecule has 0 radical (unpaired) electrons. The average molecular weight is 129 g/mol. The molecule has 1 heterocycles. The molecule has 2 N–H and O–H groups in total. The van der Waals surface area contributed by atoms with E-state index in [1.54, 1.807) is 4.98 Å². The van der Waals surface area contributed by atoms with Crippen LogP contribution in [0.3, 0.4) is 0 Å². The molecular weight excluding hydrogens is 126 g/mol. The van der Waals surface area contributed by atoms with Gasteiger partial charge in [0.2, 0.25) is 5.82 Å². The number of aromatic nitrogens is 2. The second-order valence-corrected chi connectivity index (χ2v) is 1.42. The fourth-order valence-corrected chi connectivity index (χ4v) is 0.393. The summed E-state index contributed by atoms with van der Waals surface area (Å²) in [6.45, 7) is 0. The van der Waals surface area contributed by atoms with Crippen LogP contribution in [0.25, 0.3) is 0 Å². The molecule has 0 aromatic carbocycles. The highest BCUT2D eigenvalue weighted by Gasteiger charge is 1.93. The molecule has 0 spiro atoms. The summed E-state index contributed by atoms with van der Waals surface area (Å²) >= 11 is 0. The maximum atomic E-state index is 12.0. The first kappa shape index (κ1) is 5.74. The van der Waals surface area contributed by atoms with Gasteiger partial charge in [-0.2, -0.15) is 4.39 Å². The predicted octanol–water partition coefficient (Wildman–Crippen LogP) is -0.798. The van der Waals surface area contributed by atoms with Gasteiger partial charge in [-0.05, 0) is 0 Å². The van der Waals surface area contributed by atoms with Crippen molar-refractivity contribution >= 4 is 0 Å². The van der Waals surface area contributed by atoms with Gasteiger partial charge in [0.25, 0.3) is 5.56 Å². The fraction of sp³-hybridized carbons (Fsp3) is 0. The number of hydrogen-bond acceptors (Lipinski definition) is 2. The Morgan fingerprint density at radius 2 is 2.11 bits per heavy atom. The molecule has 1 aromatic heterocycles. The first-order chi connectivity index (χ1) is 4.20. The molecule has 5 heteroatoms. The Kier molecular flexibility index (Phi) is 1.18. The van der Waals surface area contributed by atoms with Gasteiger partial charge in [0.1, 0.15) is 0 Å². The minimum Gasteiger partial charge on any atom is -0.311 e. The van der Waals surface area contributed by atoms with Crippen molar-refractivity contribution in [3.05, 3.63) is 32.9 Å². The van der Waals surface area contributed by atoms with Gasteiger partial charge in [-0.3, -0.25) is 9.78 Å². The Labute approximate surface area is 48.4 Å². The van der Waals surface area contributed by atoms with Gasteiger partial charge in [0.15, 0.2) is 0 Å². The highest BCUT2D eigenvalue weighted by atomic mass is 19.1. The summed E-state index contributed by atoms with van der Waals surface area (Å²) in [5, 5.41) is 0. The fourth-order valence-electron chi connectivity index (χ4n) is 0.393. The molecule has 0 aliphatic rings. The van der Waals surface area contributed by atoms with Gasteiger partial charge in [-0.1, -0.05) is 0 Å². The van der Waals surface area contributed by atoms with E-state index in [1.165, 1.54) is 0 Å². The SMILES string of the molecule is O=c1[nH][11c](=O)[nH]cc1F. The highest BCUT2D eigenvalue weighted by molar-refractivity contribution is 4.83. The summed E-state index contributed by atoms with van der Waals surface area (Å²) in [6, 6.07) is 0. The third-order valence-electron chi connectivity index (χ3n) is 0.774. The second kappa shape index (κ2) is 1.85. The lowest BCUT2D eigenvalue weighted by molar-refractivity contribution is 0.597. The zero-order chi connectivity index (χ0) is 6.85. The molecule has 0 aliphatic carbocycles. The van der Waals surface area contributed by atoms with Crippen molar-refractivity contribution in [1.29, 1.82) is 0 Å². The third-order valence-corrected chi connectivity index (χ3v) is 0.774. The number of hydrogen-bond donors (Lipinski definition) is 2. The first-order valence-electron chi connectivity index (χ1n) is 2.17. The number of aromatic amines is 2. The van der Waals surface area contributed by atoms with Crippen LogP contribution in [-0.2, 0) is 0 Å². The zero-order valence-electron chi connectivity index (χ0n) is 4.27. The molecule has 48 valence electrons. The van der Waals surface area contributed by atoms with Gasteiger partial charge in [-0.25, -0.2) is 4.79 Å². The summed E-state index contributed by atoms with van der Waals surface area (Å²) < 4.78 is 12.0. The Balaban J connectivity index is 3.52. The normalized spacial score (nSPS) is 9.44. The van der Waals surface area contributed by atoms with Gasteiger partial charge in [-0.15, -0.1) is 0 Å². The molecule has 0 atom stereocenters. The Hall–Kier alpha value is -1.39. The van der Waals surface area contributed by atoms with E-state index in [-0.39, 0.29) is 0 Å². The van der Waals surface area contributed by atoms with Crippen molar-refractivity contribution in [2.75, 3.05) is 0 Å². The molecule has 1 aromatic rings. The molecule has 4 nitrogen and oxygen atoms in total. The van der Waals surface area contributed by atoms with Crippen LogP contribution in [0, 0.1) is 5.82 Å². The monoisotopic (exact) mass is 129 g/mol. The molecule has 0 amide bonds. The third kappa shape index (κ3) is 1.04. The zero-order valence-corrected chi connectivity index (χ0v) is 4.27. The summed E-state index contributed by atoms with van der Waals surface area (Å²) in [5.41, 5.74) is -1.71. The van der Waals surface area contributed by atoms with Gasteiger partial charge >= 0.3 is 5.69 Å². The number of H-pyrrole nitrogens is 2. The number of halogens is 1. The van der Waals surface area contributed by atoms with Gasteiger partial charge in [0.05, 0.1) is 0 Å². The molecule has 1 rings (SSSR count). The molecule has 0 aliphatic heterocycles. The largest absolute Gasteiger partial charge is 0.325 e. The lowest BCUT2D eigenvalue weighted by atomic mass is 10.4. The maximum Gasteiger partial charge on any atom is 0.325 e. The van der Waals surface area contributed by atoms with E-state index in [4.69, 9.17) is 0 Å². The minimum absolute atomic E-state index is 0.707. The first-order valence-corrected chi connectivity index (χ1v) is 2.17. The van der Waals surface area contributed by atoms with Crippen LogP contribution in [0.4, 0.5) is 4.39 Å². The predicted molar refractivity (Wildman–Crippen MR) is 27.6 cm³/mol. The lowest BCUT2D eigenvalue weighted by Gasteiger charge is -1.81. The van der Waals surface area contributed by atoms with E-state index in [2.05, 4.69) is 0 Å². The van der Waals surface area contributed by atoms with E-state index in [0.717, 1.165) is 0 Å². The summed E-state index contributed by atoms with van der Waals surface area (Å²) in [5.74, 6) is -0.991. The van der Waals surface area contributed by atoms with Crippen LogP contribution in [-0.4, -0.2) is 9.97 Å². The molecule has 9 heavy (non-hydrogen) atoms. The molecule has 0 saturated carbocycles. The minimum atomic E-state index is -1.00. The van der Waals surface area contributed by atoms with Crippen LogP contribution in [0.15, 0.2) is 15.8 Å². The van der Waals surface area contributed by atoms with E-state index >= 15 is 0 Å². The van der Waals surface area contributed by atoms with Crippen molar-refractivity contribution < 1.29 is 4.39 Å². The number of nitrogens with one attached hydrogen (secondary N) is 2. The van der Waals surface area contributed by atoms with Crippen molar-refractivity contribution in [2.24, 2.45) is 0 Å². The molecule has 0 bridgehead atoms. The quantitative estimate of drug-likeness (QED) is 0.481. The average Bonchev–Trinajstić information content (AvgIpc) is 1.80. The van der Waals surface area contributed by atoms with E-state index in [1.807, 2.05) is 4.98 Å². The van der Waals surface area contributed by atoms with Crippen LogP contribution in [0.1, 0.15) is 0 Å². The Morgan fingerprint density at radius 1 is 1.44 bits per heavy atom. The molecule has 0 saturated heterocycles. The van der Waals surface area contributed by atoms with Crippen molar-refractivity contribution in [1.82, 2.24) is 9.97 Å². The van der Waals surface area contributed by atoms with Crippen LogP contribution in [0.5, 0.6) is 0 Å². The maximum absolute atomic E-state index is 12.0. The smallest absolute Gasteiger partial charge is 0.311 e. The van der Waals surface area contributed by atoms with Crippen molar-refractivity contribution in [3.8, 4) is 0 Å². The topological polar surface area (TPSA) is 65.7 Å². The van der Waals surface area contributed by atoms with Crippen molar-refractivity contribution in [3.63, 3.8) is 0 Å². The Morgan fingerprint density at radius 3 is 2.56 bits per heavy atom.